The van der Waals surface area contributed by atoms with Crippen molar-refractivity contribution in [2.24, 2.45) is 0 Å². The lowest BCUT2D eigenvalue weighted by Gasteiger charge is -2.09. The smallest absolute Gasteiger partial charge is 0.347 e. The van der Waals surface area contributed by atoms with E-state index in [0.29, 0.717) is 18.6 Å². The molecule has 0 bridgehead atoms. The topological polar surface area (TPSA) is 72.2 Å². The molecule has 1 aliphatic rings. The summed E-state index contributed by atoms with van der Waals surface area (Å²) < 4.78 is 10.0. The van der Waals surface area contributed by atoms with E-state index in [9.17, 15) is 4.79 Å². The summed E-state index contributed by atoms with van der Waals surface area (Å²) in [7, 11) is 0. The molecule has 0 saturated carbocycles. The Morgan fingerprint density at radius 2 is 2.53 bits per heavy atom. The van der Waals surface area contributed by atoms with Gasteiger partial charge in [-0.05, 0) is 12.1 Å². The van der Waals surface area contributed by atoms with Crippen LogP contribution in [0.5, 0.6) is 5.88 Å². The minimum atomic E-state index is -0.632. The molecule has 1 aliphatic heterocycles. The van der Waals surface area contributed by atoms with Crippen molar-refractivity contribution in [3.05, 3.63) is 23.9 Å². The van der Waals surface area contributed by atoms with Gasteiger partial charge in [0.05, 0.1) is 6.61 Å². The maximum absolute atomic E-state index is 11.1. The number of carbonyl (C=O) groups is 1. The van der Waals surface area contributed by atoms with Crippen LogP contribution in [0.2, 0.25) is 0 Å². The zero-order valence-corrected chi connectivity index (χ0v) is 7.84. The molecule has 5 heteroatoms. The molecule has 1 fully saturated rings. The number of carbonyl (C=O) groups excluding carboxylic acids is 1. The van der Waals surface area contributed by atoms with Gasteiger partial charge in [0.1, 0.15) is 11.6 Å². The van der Waals surface area contributed by atoms with Crippen molar-refractivity contribution in [3.63, 3.8) is 0 Å². The van der Waals surface area contributed by atoms with E-state index >= 15 is 0 Å². The van der Waals surface area contributed by atoms with Crippen LogP contribution < -0.4 is 4.74 Å². The van der Waals surface area contributed by atoms with E-state index in [-0.39, 0.29) is 5.88 Å². The van der Waals surface area contributed by atoms with E-state index in [1.54, 1.807) is 12.1 Å². The summed E-state index contributed by atoms with van der Waals surface area (Å²) in [5.74, 6) is -0.214. The number of rotatable bonds is 2. The second kappa shape index (κ2) is 3.96. The quantitative estimate of drug-likeness (QED) is 0.661. The second-order valence-corrected chi connectivity index (χ2v) is 3.03. The zero-order valence-electron chi connectivity index (χ0n) is 7.84. The van der Waals surface area contributed by atoms with Crippen LogP contribution >= 0.6 is 0 Å². The molecule has 0 spiro atoms. The fourth-order valence-electron chi connectivity index (χ4n) is 1.29. The molecule has 15 heavy (non-hydrogen) atoms. The molecule has 2 rings (SSSR count). The molecule has 76 valence electrons. The highest BCUT2D eigenvalue weighted by Crippen LogP contribution is 2.18. The van der Waals surface area contributed by atoms with Gasteiger partial charge in [-0.1, -0.05) is 0 Å². The summed E-state index contributed by atoms with van der Waals surface area (Å²) in [4.78, 5) is 15.0. The van der Waals surface area contributed by atoms with Crippen molar-refractivity contribution < 1.29 is 14.3 Å². The summed E-state index contributed by atoms with van der Waals surface area (Å²) in [6, 6.07) is 5.17. The van der Waals surface area contributed by atoms with Crippen LogP contribution in [0.25, 0.3) is 0 Å². The van der Waals surface area contributed by atoms with Crippen molar-refractivity contribution in [1.29, 1.82) is 5.26 Å². The fourth-order valence-corrected chi connectivity index (χ4v) is 1.29. The number of nitrogens with zero attached hydrogens (tertiary/aromatic N) is 2. The van der Waals surface area contributed by atoms with Gasteiger partial charge in [-0.3, -0.25) is 0 Å². The van der Waals surface area contributed by atoms with Gasteiger partial charge in [-0.2, -0.15) is 5.26 Å². The molecule has 2 heterocycles. The van der Waals surface area contributed by atoms with Gasteiger partial charge in [0.2, 0.25) is 12.0 Å². The number of nitriles is 1. The van der Waals surface area contributed by atoms with Crippen molar-refractivity contribution in [1.82, 2.24) is 4.98 Å². The Morgan fingerprint density at radius 1 is 1.67 bits per heavy atom. The first kappa shape index (κ1) is 9.46. The summed E-state index contributed by atoms with van der Waals surface area (Å²) >= 11 is 0. The Balaban J connectivity index is 2.17. The third kappa shape index (κ3) is 1.89. The Bertz CT molecular complexity index is 425. The van der Waals surface area contributed by atoms with E-state index in [0.717, 1.165) is 0 Å². The minimum Gasteiger partial charge on any atom is -0.463 e. The van der Waals surface area contributed by atoms with Crippen LogP contribution in [0.1, 0.15) is 12.0 Å². The Labute approximate surface area is 86.3 Å². The molecular formula is C10H8N2O3. The van der Waals surface area contributed by atoms with Gasteiger partial charge < -0.3 is 9.47 Å². The van der Waals surface area contributed by atoms with E-state index < -0.39 is 12.1 Å². The number of ether oxygens (including phenoxy) is 2. The maximum Gasteiger partial charge on any atom is 0.347 e. The van der Waals surface area contributed by atoms with Crippen LogP contribution in [0.4, 0.5) is 0 Å². The molecule has 1 aromatic rings. The van der Waals surface area contributed by atoms with Crippen molar-refractivity contribution >= 4 is 5.97 Å². The lowest BCUT2D eigenvalue weighted by molar-refractivity contribution is -0.143. The van der Waals surface area contributed by atoms with Crippen molar-refractivity contribution in [2.45, 2.75) is 12.5 Å². The molecule has 5 nitrogen and oxygen atoms in total. The maximum atomic E-state index is 11.1. The van der Waals surface area contributed by atoms with Crippen LogP contribution in [0.15, 0.2) is 18.3 Å². The van der Waals surface area contributed by atoms with Gasteiger partial charge in [-0.15, -0.1) is 0 Å². The number of cyclic esters (lactones) is 1. The molecule has 0 aromatic carbocycles. The molecule has 1 saturated heterocycles. The molecule has 1 aromatic heterocycles. The minimum absolute atomic E-state index is 0.184. The van der Waals surface area contributed by atoms with Crippen LogP contribution in [-0.2, 0) is 9.53 Å². The molecular weight excluding hydrogens is 196 g/mol. The van der Waals surface area contributed by atoms with Crippen molar-refractivity contribution in [3.8, 4) is 11.9 Å². The van der Waals surface area contributed by atoms with Gasteiger partial charge in [0.25, 0.3) is 0 Å². The molecule has 0 radical (unpaired) electrons. The van der Waals surface area contributed by atoms with Crippen LogP contribution in [-0.4, -0.2) is 23.7 Å². The number of hydrogen-bond acceptors (Lipinski definition) is 5. The first-order valence-electron chi connectivity index (χ1n) is 4.49. The summed E-state index contributed by atoms with van der Waals surface area (Å²) in [5, 5.41) is 8.77. The highest BCUT2D eigenvalue weighted by molar-refractivity contribution is 5.76. The van der Waals surface area contributed by atoms with Gasteiger partial charge in [-0.25, -0.2) is 9.78 Å². The fraction of sp³-hybridized carbons (Fsp3) is 0.300. The number of hydrogen-bond donors (Lipinski definition) is 0. The average Bonchev–Trinajstić information content (AvgIpc) is 2.65. The summed E-state index contributed by atoms with van der Waals surface area (Å²) in [6.07, 6.45) is 1.38. The van der Waals surface area contributed by atoms with Gasteiger partial charge in [0, 0.05) is 12.6 Å². The Hall–Kier alpha value is -2.09. The first-order chi connectivity index (χ1) is 7.31. The predicted molar refractivity (Wildman–Crippen MR) is 48.9 cm³/mol. The van der Waals surface area contributed by atoms with Gasteiger partial charge in [0.15, 0.2) is 0 Å². The largest absolute Gasteiger partial charge is 0.463 e. The highest BCUT2D eigenvalue weighted by Gasteiger charge is 2.29. The van der Waals surface area contributed by atoms with Crippen LogP contribution in [0.3, 0.4) is 0 Å². The SMILES string of the molecule is N#Cc1cccnc1OC1CCOC1=O. The normalized spacial score (nSPS) is 19.4. The lowest BCUT2D eigenvalue weighted by Crippen LogP contribution is -2.22. The van der Waals surface area contributed by atoms with E-state index in [1.807, 2.05) is 6.07 Å². The van der Waals surface area contributed by atoms with E-state index in [4.69, 9.17) is 14.7 Å². The third-order valence-electron chi connectivity index (χ3n) is 2.03. The predicted octanol–water partition coefficient (Wildman–Crippen LogP) is 0.648. The van der Waals surface area contributed by atoms with E-state index in [1.165, 1.54) is 6.20 Å². The highest BCUT2D eigenvalue weighted by atomic mass is 16.6. The van der Waals surface area contributed by atoms with Gasteiger partial charge >= 0.3 is 5.97 Å². The van der Waals surface area contributed by atoms with Crippen LogP contribution in [0, 0.1) is 11.3 Å². The summed E-state index contributed by atoms with van der Waals surface area (Å²) in [6.45, 7) is 0.359. The average molecular weight is 204 g/mol. The monoisotopic (exact) mass is 204 g/mol. The van der Waals surface area contributed by atoms with E-state index in [2.05, 4.69) is 4.98 Å². The standard InChI is InChI=1S/C10H8N2O3/c11-6-7-2-1-4-12-9(7)15-8-3-5-14-10(8)13/h1-2,4,8H,3,5H2. The Kier molecular flexibility index (Phi) is 2.50. The number of pyridine rings is 1. The molecule has 1 unspecified atom stereocenters. The molecule has 0 N–H and O–H groups in total. The molecule has 0 aliphatic carbocycles. The second-order valence-electron chi connectivity index (χ2n) is 3.03. The lowest BCUT2D eigenvalue weighted by atomic mass is 10.3. The first-order valence-corrected chi connectivity index (χ1v) is 4.49. The number of aromatic nitrogens is 1. The summed E-state index contributed by atoms with van der Waals surface area (Å²) in [5.41, 5.74) is 0.317. The number of esters is 1. The zero-order chi connectivity index (χ0) is 10.7. The molecule has 1 atom stereocenters. The van der Waals surface area contributed by atoms with Crippen molar-refractivity contribution in [2.75, 3.05) is 6.61 Å². The molecule has 0 amide bonds. The third-order valence-corrected chi connectivity index (χ3v) is 2.03. The Morgan fingerprint density at radius 3 is 3.20 bits per heavy atom.